The van der Waals surface area contributed by atoms with Crippen LogP contribution in [-0.4, -0.2) is 51.6 Å². The molecule has 1 aromatic carbocycles. The average molecular weight is 466 g/mol. The van der Waals surface area contributed by atoms with Crippen LogP contribution in [-0.2, 0) is 19.8 Å². The Morgan fingerprint density at radius 1 is 1.26 bits per heavy atom. The van der Waals surface area contributed by atoms with Gasteiger partial charge in [-0.2, -0.15) is 0 Å². The second-order valence-electron chi connectivity index (χ2n) is 10.9. The second kappa shape index (κ2) is 6.95. The number of ether oxygens (including phenoxy) is 1. The maximum atomic E-state index is 13.7. The van der Waals surface area contributed by atoms with E-state index in [9.17, 15) is 19.5 Å². The van der Waals surface area contributed by atoms with Gasteiger partial charge in [-0.3, -0.25) is 14.4 Å². The fraction of sp³-hybridized carbons (Fsp3) is 0.500. The first-order valence-electron chi connectivity index (χ1n) is 11.7. The minimum atomic E-state index is -1.81. The van der Waals surface area contributed by atoms with Gasteiger partial charge in [0, 0.05) is 35.7 Å². The van der Waals surface area contributed by atoms with E-state index in [1.165, 1.54) is 4.90 Å². The Bertz CT molecular complexity index is 1170. The van der Waals surface area contributed by atoms with Crippen LogP contribution in [0.2, 0.25) is 0 Å². The first-order chi connectivity index (χ1) is 15.8. The zero-order valence-corrected chi connectivity index (χ0v) is 20.0. The van der Waals surface area contributed by atoms with Crippen LogP contribution in [0.15, 0.2) is 30.9 Å². The topological polar surface area (TPSA) is 108 Å². The molecule has 4 aliphatic rings. The van der Waals surface area contributed by atoms with E-state index < -0.39 is 34.1 Å². The van der Waals surface area contributed by atoms with E-state index in [1.807, 2.05) is 52.0 Å². The number of anilines is 1. The van der Waals surface area contributed by atoms with E-state index in [1.54, 1.807) is 6.08 Å². The third-order valence-corrected chi connectivity index (χ3v) is 7.99. The molecule has 0 aromatic heterocycles. The summed E-state index contributed by atoms with van der Waals surface area (Å²) < 4.78 is 6.10. The van der Waals surface area contributed by atoms with Crippen LogP contribution < -0.4 is 15.4 Å². The van der Waals surface area contributed by atoms with Crippen molar-refractivity contribution in [2.75, 3.05) is 11.9 Å². The lowest BCUT2D eigenvalue weighted by Crippen LogP contribution is -2.69. The van der Waals surface area contributed by atoms with Crippen LogP contribution in [0.4, 0.5) is 5.69 Å². The Kier molecular flexibility index (Phi) is 4.63. The number of carbonyl (C=O) groups excluding carboxylic acids is 3. The number of rotatable bonds is 4. The van der Waals surface area contributed by atoms with Gasteiger partial charge in [0.1, 0.15) is 17.4 Å². The van der Waals surface area contributed by atoms with Crippen molar-refractivity contribution < 1.29 is 24.2 Å². The summed E-state index contributed by atoms with van der Waals surface area (Å²) in [6.45, 7) is 12.0. The van der Waals surface area contributed by atoms with Crippen molar-refractivity contribution in [1.82, 2.24) is 10.2 Å². The number of piperazine rings is 1. The predicted octanol–water partition coefficient (Wildman–Crippen LogP) is 2.47. The van der Waals surface area contributed by atoms with Gasteiger partial charge >= 0.3 is 0 Å². The molecule has 0 bridgehead atoms. The molecule has 0 aliphatic carbocycles. The molecule has 1 aromatic rings. The van der Waals surface area contributed by atoms with Gasteiger partial charge in [-0.15, -0.1) is 6.58 Å². The first kappa shape index (κ1) is 22.7. The number of hydrogen-bond acceptors (Lipinski definition) is 5. The largest absolute Gasteiger partial charge is 0.483 e. The highest BCUT2D eigenvalue weighted by Gasteiger charge is 2.61. The molecule has 2 saturated heterocycles. The summed E-state index contributed by atoms with van der Waals surface area (Å²) in [6, 6.07) is 2.80. The van der Waals surface area contributed by atoms with Gasteiger partial charge in [0.2, 0.25) is 17.5 Å². The lowest BCUT2D eigenvalue weighted by molar-refractivity contribution is -0.178. The van der Waals surface area contributed by atoms with Crippen LogP contribution in [0, 0.1) is 5.41 Å². The molecule has 0 saturated carbocycles. The van der Waals surface area contributed by atoms with Gasteiger partial charge in [0.25, 0.3) is 5.91 Å². The summed E-state index contributed by atoms with van der Waals surface area (Å²) in [7, 11) is 0. The third kappa shape index (κ3) is 2.90. The standard InChI is InChI=1S/C26H31N3O5/c1-6-23(2,3)25(14-18-20(30)29-11-7-9-26(29,33)22(32)28-18)16-12-15-8-10-24(4,5)34-19(15)13-17(16)27-21(25)31/h6,8,10,12-13,18,33H,1,7,9,11,14H2,2-5H3,(H,27,31)(H,28,32)/t18-,25+,26-/m1/s1. The Morgan fingerprint density at radius 2 is 2.00 bits per heavy atom. The minimum Gasteiger partial charge on any atom is -0.483 e. The summed E-state index contributed by atoms with van der Waals surface area (Å²) >= 11 is 0. The maximum Gasteiger partial charge on any atom is 0.274 e. The Labute approximate surface area is 199 Å². The van der Waals surface area contributed by atoms with E-state index in [4.69, 9.17) is 4.74 Å². The van der Waals surface area contributed by atoms with Crippen molar-refractivity contribution >= 4 is 29.5 Å². The van der Waals surface area contributed by atoms with E-state index in [0.717, 1.165) is 11.1 Å². The highest BCUT2D eigenvalue weighted by atomic mass is 16.5. The molecule has 2 fully saturated rings. The number of hydrogen-bond donors (Lipinski definition) is 3. The van der Waals surface area contributed by atoms with Crippen molar-refractivity contribution in [2.45, 2.75) is 69.7 Å². The molecule has 0 spiro atoms. The second-order valence-corrected chi connectivity index (χ2v) is 10.9. The number of nitrogens with one attached hydrogen (secondary N) is 2. The SMILES string of the molecule is C=CC(C)(C)[C@]1(C[C@H]2NC(=O)[C@]3(O)CCCN3C2=O)C(=O)Nc2cc3c(cc21)C=CC(C)(C)O3. The summed E-state index contributed by atoms with van der Waals surface area (Å²) in [4.78, 5) is 41.2. The fourth-order valence-corrected chi connectivity index (χ4v) is 5.81. The number of allylic oxidation sites excluding steroid dienone is 1. The molecule has 3 N–H and O–H groups in total. The number of aliphatic hydroxyl groups is 1. The molecular weight excluding hydrogens is 434 g/mol. The maximum absolute atomic E-state index is 13.7. The number of nitrogens with zero attached hydrogens (tertiary/aromatic N) is 1. The molecule has 8 heteroatoms. The zero-order valence-electron chi connectivity index (χ0n) is 20.0. The van der Waals surface area contributed by atoms with Gasteiger partial charge in [-0.1, -0.05) is 26.0 Å². The molecule has 4 aliphatic heterocycles. The lowest BCUT2D eigenvalue weighted by Gasteiger charge is -2.46. The van der Waals surface area contributed by atoms with Crippen molar-refractivity contribution in [1.29, 1.82) is 0 Å². The first-order valence-corrected chi connectivity index (χ1v) is 11.7. The summed E-state index contributed by atoms with van der Waals surface area (Å²) in [5, 5.41) is 16.5. The molecule has 180 valence electrons. The third-order valence-electron chi connectivity index (χ3n) is 7.99. The molecule has 0 unspecified atom stereocenters. The quantitative estimate of drug-likeness (QED) is 0.592. The monoisotopic (exact) mass is 465 g/mol. The van der Waals surface area contributed by atoms with Gasteiger partial charge in [0.05, 0.1) is 5.41 Å². The number of amides is 3. The van der Waals surface area contributed by atoms with Crippen LogP contribution in [0.5, 0.6) is 5.75 Å². The summed E-state index contributed by atoms with van der Waals surface area (Å²) in [6.07, 6.45) is 6.45. The summed E-state index contributed by atoms with van der Waals surface area (Å²) in [5.41, 5.74) is -2.02. The van der Waals surface area contributed by atoms with Crippen molar-refractivity contribution in [3.63, 3.8) is 0 Å². The van der Waals surface area contributed by atoms with Crippen molar-refractivity contribution in [2.24, 2.45) is 5.41 Å². The number of benzene rings is 1. The minimum absolute atomic E-state index is 0.0385. The van der Waals surface area contributed by atoms with E-state index in [0.29, 0.717) is 24.4 Å². The van der Waals surface area contributed by atoms with Gasteiger partial charge in [-0.25, -0.2) is 0 Å². The predicted molar refractivity (Wildman–Crippen MR) is 127 cm³/mol. The van der Waals surface area contributed by atoms with E-state index >= 15 is 0 Å². The van der Waals surface area contributed by atoms with Crippen molar-refractivity contribution in [3.8, 4) is 5.75 Å². The van der Waals surface area contributed by atoms with Crippen LogP contribution >= 0.6 is 0 Å². The molecule has 5 rings (SSSR count). The number of carbonyl (C=O) groups is 3. The average Bonchev–Trinajstić information content (AvgIpc) is 3.29. The fourth-order valence-electron chi connectivity index (χ4n) is 5.81. The van der Waals surface area contributed by atoms with E-state index in [2.05, 4.69) is 17.2 Å². The van der Waals surface area contributed by atoms with Crippen LogP contribution in [0.3, 0.4) is 0 Å². The van der Waals surface area contributed by atoms with Crippen molar-refractivity contribution in [3.05, 3.63) is 42.0 Å². The zero-order chi connectivity index (χ0) is 24.7. The molecule has 34 heavy (non-hydrogen) atoms. The van der Waals surface area contributed by atoms with Gasteiger partial charge < -0.3 is 25.4 Å². The molecule has 0 radical (unpaired) electrons. The molecular formula is C26H31N3O5. The highest BCUT2D eigenvalue weighted by molar-refractivity contribution is 6.09. The smallest absolute Gasteiger partial charge is 0.274 e. The van der Waals surface area contributed by atoms with E-state index in [-0.39, 0.29) is 24.7 Å². The molecule has 4 heterocycles. The Hall–Kier alpha value is -3.13. The molecule has 3 atom stereocenters. The molecule has 8 nitrogen and oxygen atoms in total. The van der Waals surface area contributed by atoms with Crippen LogP contribution in [0.25, 0.3) is 6.08 Å². The normalized spacial score (nSPS) is 31.3. The lowest BCUT2D eigenvalue weighted by atomic mass is 9.59. The Balaban J connectivity index is 1.62. The highest BCUT2D eigenvalue weighted by Crippen LogP contribution is 2.55. The van der Waals surface area contributed by atoms with Gasteiger partial charge in [-0.05, 0) is 44.4 Å². The summed E-state index contributed by atoms with van der Waals surface area (Å²) in [5.74, 6) is -0.558. The number of fused-ring (bicyclic) bond motifs is 3. The molecule has 3 amide bonds. The van der Waals surface area contributed by atoms with Gasteiger partial charge in [0.15, 0.2) is 0 Å². The Morgan fingerprint density at radius 3 is 2.71 bits per heavy atom. The van der Waals surface area contributed by atoms with Crippen LogP contribution in [0.1, 0.15) is 58.1 Å².